The second-order valence-electron chi connectivity index (χ2n) is 5.02. The van der Waals surface area contributed by atoms with Crippen molar-refractivity contribution < 1.29 is 22.4 Å². The van der Waals surface area contributed by atoms with Gasteiger partial charge < -0.3 is 5.32 Å². The summed E-state index contributed by atoms with van der Waals surface area (Å²) in [5.41, 5.74) is 0.461. The quantitative estimate of drug-likeness (QED) is 0.794. The van der Waals surface area contributed by atoms with Gasteiger partial charge in [0, 0.05) is 16.3 Å². The Kier molecular flexibility index (Phi) is 5.69. The van der Waals surface area contributed by atoms with Gasteiger partial charge in [0.25, 0.3) is 0 Å². The summed E-state index contributed by atoms with van der Waals surface area (Å²) in [5.74, 6) is -3.53. The van der Waals surface area contributed by atoms with Crippen molar-refractivity contribution in [3.05, 3.63) is 64.9 Å². The minimum atomic E-state index is -3.94. The van der Waals surface area contributed by atoms with E-state index >= 15 is 0 Å². The maximum Gasteiger partial charge on any atom is 0.239 e. The van der Waals surface area contributed by atoms with Crippen LogP contribution < -0.4 is 5.32 Å². The average Bonchev–Trinajstić information content (AvgIpc) is 2.49. The predicted octanol–water partition coefficient (Wildman–Crippen LogP) is 2.72. The number of halogens is 2. The molecule has 0 radical (unpaired) electrons. The Morgan fingerprint density at radius 3 is 2.12 bits per heavy atom. The Morgan fingerprint density at radius 1 is 0.958 bits per heavy atom. The second-order valence-corrected chi connectivity index (χ2v) is 7.52. The lowest BCUT2D eigenvalue weighted by Gasteiger charge is -2.06. The van der Waals surface area contributed by atoms with Crippen molar-refractivity contribution >= 4 is 38.8 Å². The molecule has 126 valence electrons. The Labute approximate surface area is 143 Å². The molecule has 0 aromatic heterocycles. The molecular formula is C16H13ClFNO4S. The van der Waals surface area contributed by atoms with E-state index in [1.54, 1.807) is 0 Å². The number of benzene rings is 2. The normalized spacial score (nSPS) is 11.1. The summed E-state index contributed by atoms with van der Waals surface area (Å²) < 4.78 is 36.7. The zero-order valence-corrected chi connectivity index (χ0v) is 13.9. The van der Waals surface area contributed by atoms with E-state index in [9.17, 15) is 22.4 Å². The standard InChI is InChI=1S/C16H13ClFNO4S/c17-12-3-1-11(2-4-12)15(20)9-24(22,23)10-16(21)19-14-7-5-13(18)6-8-14/h1-8H,9-10H2,(H,19,21). The van der Waals surface area contributed by atoms with E-state index in [2.05, 4.69) is 5.32 Å². The van der Waals surface area contributed by atoms with Crippen LogP contribution in [-0.2, 0) is 14.6 Å². The van der Waals surface area contributed by atoms with Crippen LogP contribution in [0.15, 0.2) is 48.5 Å². The summed E-state index contributed by atoms with van der Waals surface area (Å²) >= 11 is 5.70. The molecule has 2 aromatic carbocycles. The number of Topliss-reactive ketones (excluding diaryl/α,β-unsaturated/α-hetero) is 1. The average molecular weight is 370 g/mol. The maximum atomic E-state index is 12.8. The van der Waals surface area contributed by atoms with Crippen LogP contribution in [0.3, 0.4) is 0 Å². The topological polar surface area (TPSA) is 80.3 Å². The van der Waals surface area contributed by atoms with Crippen LogP contribution in [0.25, 0.3) is 0 Å². The number of hydrogen-bond donors (Lipinski definition) is 1. The van der Waals surface area contributed by atoms with Crippen LogP contribution in [0.2, 0.25) is 5.02 Å². The number of anilines is 1. The summed E-state index contributed by atoms with van der Waals surface area (Å²) in [4.78, 5) is 23.7. The number of ketones is 1. The molecular weight excluding hydrogens is 357 g/mol. The lowest BCUT2D eigenvalue weighted by Crippen LogP contribution is -2.27. The molecule has 0 bridgehead atoms. The fourth-order valence-electron chi connectivity index (χ4n) is 1.90. The van der Waals surface area contributed by atoms with Gasteiger partial charge in [0.05, 0.1) is 0 Å². The van der Waals surface area contributed by atoms with Gasteiger partial charge in [-0.05, 0) is 48.5 Å². The van der Waals surface area contributed by atoms with Crippen LogP contribution >= 0.6 is 11.6 Å². The molecule has 0 saturated heterocycles. The Balaban J connectivity index is 1.97. The minimum Gasteiger partial charge on any atom is -0.325 e. The van der Waals surface area contributed by atoms with E-state index in [-0.39, 0.29) is 11.3 Å². The van der Waals surface area contributed by atoms with Crippen molar-refractivity contribution in [3.63, 3.8) is 0 Å². The predicted molar refractivity (Wildman–Crippen MR) is 89.5 cm³/mol. The molecule has 0 aliphatic heterocycles. The summed E-state index contributed by atoms with van der Waals surface area (Å²) in [7, 11) is -3.94. The zero-order valence-electron chi connectivity index (χ0n) is 12.3. The fourth-order valence-corrected chi connectivity index (χ4v) is 3.17. The fraction of sp³-hybridized carbons (Fsp3) is 0.125. The molecule has 0 fully saturated rings. The molecule has 24 heavy (non-hydrogen) atoms. The lowest BCUT2D eigenvalue weighted by atomic mass is 10.1. The van der Waals surface area contributed by atoms with E-state index in [1.165, 1.54) is 36.4 Å². The molecule has 0 aliphatic carbocycles. The van der Waals surface area contributed by atoms with Gasteiger partial charge in [-0.1, -0.05) is 11.6 Å². The smallest absolute Gasteiger partial charge is 0.239 e. The van der Waals surface area contributed by atoms with Crippen molar-refractivity contribution in [2.45, 2.75) is 0 Å². The number of amides is 1. The van der Waals surface area contributed by atoms with Gasteiger partial charge in [0.2, 0.25) is 5.91 Å². The Morgan fingerprint density at radius 2 is 1.54 bits per heavy atom. The van der Waals surface area contributed by atoms with Crippen LogP contribution in [0, 0.1) is 5.82 Å². The molecule has 2 aromatic rings. The summed E-state index contributed by atoms with van der Waals surface area (Å²) in [6, 6.07) is 10.7. The minimum absolute atomic E-state index is 0.196. The third-order valence-corrected chi connectivity index (χ3v) is 4.65. The first-order chi connectivity index (χ1) is 11.2. The molecule has 0 aliphatic rings. The zero-order chi connectivity index (χ0) is 17.7. The Bertz CT molecular complexity index is 849. The van der Waals surface area contributed by atoms with Crippen molar-refractivity contribution in [3.8, 4) is 0 Å². The van der Waals surface area contributed by atoms with Crippen molar-refractivity contribution in [2.75, 3.05) is 16.8 Å². The maximum absolute atomic E-state index is 12.8. The molecule has 8 heteroatoms. The summed E-state index contributed by atoms with van der Waals surface area (Å²) in [5, 5.41) is 2.76. The van der Waals surface area contributed by atoms with Crippen molar-refractivity contribution in [2.24, 2.45) is 0 Å². The molecule has 0 spiro atoms. The summed E-state index contributed by atoms with van der Waals surface area (Å²) in [6.07, 6.45) is 0. The molecule has 2 rings (SSSR count). The highest BCUT2D eigenvalue weighted by Crippen LogP contribution is 2.12. The first kappa shape index (κ1) is 18.1. The van der Waals surface area contributed by atoms with Gasteiger partial charge in [0.15, 0.2) is 15.6 Å². The van der Waals surface area contributed by atoms with Crippen molar-refractivity contribution in [1.29, 1.82) is 0 Å². The molecule has 5 nitrogen and oxygen atoms in total. The SMILES string of the molecule is O=C(CS(=O)(=O)CC(=O)c1ccc(Cl)cc1)Nc1ccc(F)cc1. The summed E-state index contributed by atoms with van der Waals surface area (Å²) in [6.45, 7) is 0. The molecule has 1 amide bonds. The lowest BCUT2D eigenvalue weighted by molar-refractivity contribution is -0.113. The van der Waals surface area contributed by atoms with Gasteiger partial charge in [-0.3, -0.25) is 9.59 Å². The van der Waals surface area contributed by atoms with E-state index in [0.29, 0.717) is 5.02 Å². The number of sulfone groups is 1. The second kappa shape index (κ2) is 7.55. The number of nitrogens with one attached hydrogen (secondary N) is 1. The Hall–Kier alpha value is -2.25. The number of hydrogen-bond acceptors (Lipinski definition) is 4. The van der Waals surface area contributed by atoms with E-state index in [0.717, 1.165) is 12.1 Å². The van der Waals surface area contributed by atoms with Crippen LogP contribution in [0.1, 0.15) is 10.4 Å². The number of rotatable bonds is 6. The molecule has 0 heterocycles. The molecule has 0 atom stereocenters. The third-order valence-electron chi connectivity index (χ3n) is 3.00. The highest BCUT2D eigenvalue weighted by atomic mass is 35.5. The van der Waals surface area contributed by atoms with Crippen LogP contribution in [0.4, 0.5) is 10.1 Å². The van der Waals surface area contributed by atoms with E-state index < -0.39 is 38.9 Å². The van der Waals surface area contributed by atoms with Crippen LogP contribution in [-0.4, -0.2) is 31.6 Å². The van der Waals surface area contributed by atoms with Gasteiger partial charge in [-0.2, -0.15) is 0 Å². The first-order valence-corrected chi connectivity index (χ1v) is 9.00. The van der Waals surface area contributed by atoms with Crippen LogP contribution in [0.5, 0.6) is 0 Å². The van der Waals surface area contributed by atoms with E-state index in [4.69, 9.17) is 11.6 Å². The van der Waals surface area contributed by atoms with Gasteiger partial charge in [-0.15, -0.1) is 0 Å². The third kappa shape index (κ3) is 5.43. The monoisotopic (exact) mass is 369 g/mol. The van der Waals surface area contributed by atoms with Gasteiger partial charge >= 0.3 is 0 Å². The van der Waals surface area contributed by atoms with Gasteiger partial charge in [-0.25, -0.2) is 12.8 Å². The largest absolute Gasteiger partial charge is 0.325 e. The number of carbonyl (C=O) groups is 2. The molecule has 0 unspecified atom stereocenters. The number of carbonyl (C=O) groups excluding carboxylic acids is 2. The first-order valence-electron chi connectivity index (χ1n) is 6.80. The highest BCUT2D eigenvalue weighted by molar-refractivity contribution is 7.92. The van der Waals surface area contributed by atoms with Gasteiger partial charge in [0.1, 0.15) is 17.3 Å². The molecule has 0 saturated carbocycles. The van der Waals surface area contributed by atoms with Crippen molar-refractivity contribution in [1.82, 2.24) is 0 Å². The van der Waals surface area contributed by atoms with E-state index in [1.807, 2.05) is 0 Å². The molecule has 1 N–H and O–H groups in total. The highest BCUT2D eigenvalue weighted by Gasteiger charge is 2.21.